The molecule has 12 heteroatoms. The number of rotatable bonds is 11. The van der Waals surface area contributed by atoms with Crippen molar-refractivity contribution in [1.29, 1.82) is 0 Å². The zero-order chi connectivity index (χ0) is 25.5. The molecule has 9 nitrogen and oxygen atoms in total. The smallest absolute Gasteiger partial charge is 0.348 e. The fourth-order valence-corrected chi connectivity index (χ4v) is 5.21. The van der Waals surface area contributed by atoms with E-state index in [1.165, 1.54) is 13.0 Å². The van der Waals surface area contributed by atoms with Crippen LogP contribution in [0.15, 0.2) is 41.8 Å². The molecule has 0 fully saturated rings. The summed E-state index contributed by atoms with van der Waals surface area (Å²) in [7, 11) is -4.14. The Balaban J connectivity index is 2.34. The highest BCUT2D eigenvalue weighted by molar-refractivity contribution is 7.89. The monoisotopic (exact) mass is 512 g/mol. The van der Waals surface area contributed by atoms with Crippen LogP contribution in [0.2, 0.25) is 0 Å². The molecule has 1 atom stereocenters. The first-order chi connectivity index (χ1) is 16.0. The summed E-state index contributed by atoms with van der Waals surface area (Å²) >= 11 is 0.811. The molecule has 2 N–H and O–H groups in total. The van der Waals surface area contributed by atoms with Crippen molar-refractivity contribution in [2.45, 2.75) is 38.1 Å². The number of hydrogen-bond donors (Lipinski definition) is 2. The van der Waals surface area contributed by atoms with Crippen molar-refractivity contribution in [2.75, 3.05) is 18.5 Å². The lowest BCUT2D eigenvalue weighted by Gasteiger charge is -2.17. The second-order valence-electron chi connectivity index (χ2n) is 6.89. The number of hydrogen-bond acceptors (Lipinski definition) is 8. The minimum atomic E-state index is -4.14. The first-order valence-electron chi connectivity index (χ1n) is 10.2. The summed E-state index contributed by atoms with van der Waals surface area (Å²) in [5.74, 6) is -2.83. The molecule has 184 valence electrons. The van der Waals surface area contributed by atoms with Crippen LogP contribution in [0.5, 0.6) is 0 Å². The average Bonchev–Trinajstić information content (AvgIpc) is 3.11. The number of anilines is 1. The molecule has 1 aromatic heterocycles. The topological polar surface area (TPSA) is 128 Å². The van der Waals surface area contributed by atoms with Crippen LogP contribution in [-0.4, -0.2) is 45.5 Å². The lowest BCUT2D eigenvalue weighted by Crippen LogP contribution is -2.43. The standard InChI is InChI=1S/C22H25FN2O7S2/c1-5-12-32-22(28)18-13(4)17(21(27)31-7-3)20(33-18)24-19(26)16(6-2)25-34(29,30)15-10-8-14(23)9-11-15/h5,8-11,16,25H,1,6-7,12H2,2-4H3,(H,24,26). The van der Waals surface area contributed by atoms with Crippen molar-refractivity contribution in [3.8, 4) is 0 Å². The van der Waals surface area contributed by atoms with Gasteiger partial charge in [-0.25, -0.2) is 22.4 Å². The molecule has 0 aliphatic carbocycles. The Hall–Kier alpha value is -3.09. The molecule has 0 spiro atoms. The molecule has 2 aromatic rings. The number of esters is 2. The largest absolute Gasteiger partial charge is 0.462 e. The quantitative estimate of drug-likeness (QED) is 0.349. The van der Waals surface area contributed by atoms with Crippen LogP contribution in [0.25, 0.3) is 0 Å². The van der Waals surface area contributed by atoms with Crippen molar-refractivity contribution >= 4 is 44.2 Å². The summed E-state index contributed by atoms with van der Waals surface area (Å²) in [5, 5.41) is 2.54. The first kappa shape index (κ1) is 27.2. The van der Waals surface area contributed by atoms with Gasteiger partial charge in [0, 0.05) is 0 Å². The van der Waals surface area contributed by atoms with Gasteiger partial charge in [0.25, 0.3) is 0 Å². The van der Waals surface area contributed by atoms with E-state index in [2.05, 4.69) is 16.6 Å². The Kier molecular flexibility index (Phi) is 9.47. The van der Waals surface area contributed by atoms with E-state index in [1.807, 2.05) is 0 Å². The predicted molar refractivity (Wildman–Crippen MR) is 125 cm³/mol. The number of halogens is 1. The number of amides is 1. The molecule has 2 rings (SSSR count). The highest BCUT2D eigenvalue weighted by Gasteiger charge is 2.30. The maximum atomic E-state index is 13.1. The third kappa shape index (κ3) is 6.49. The van der Waals surface area contributed by atoms with Crippen molar-refractivity contribution in [2.24, 2.45) is 0 Å². The van der Waals surface area contributed by atoms with E-state index in [9.17, 15) is 27.2 Å². The van der Waals surface area contributed by atoms with Crippen LogP contribution in [0.1, 0.15) is 45.9 Å². The zero-order valence-corrected chi connectivity index (χ0v) is 20.5. The summed E-state index contributed by atoms with van der Waals surface area (Å²) < 4.78 is 50.7. The zero-order valence-electron chi connectivity index (χ0n) is 18.8. The maximum Gasteiger partial charge on any atom is 0.348 e. The van der Waals surface area contributed by atoms with Crippen LogP contribution in [0, 0.1) is 12.7 Å². The minimum Gasteiger partial charge on any atom is -0.462 e. The van der Waals surface area contributed by atoms with E-state index >= 15 is 0 Å². The summed E-state index contributed by atoms with van der Waals surface area (Å²) in [4.78, 5) is 37.7. The highest BCUT2D eigenvalue weighted by Crippen LogP contribution is 2.34. The van der Waals surface area contributed by atoms with Gasteiger partial charge in [-0.1, -0.05) is 19.6 Å². The molecule has 0 saturated heterocycles. The van der Waals surface area contributed by atoms with Crippen LogP contribution in [-0.2, 0) is 24.3 Å². The Morgan fingerprint density at radius 2 is 1.79 bits per heavy atom. The van der Waals surface area contributed by atoms with Crippen molar-refractivity contribution in [1.82, 2.24) is 4.72 Å². The van der Waals surface area contributed by atoms with Gasteiger partial charge in [-0.2, -0.15) is 4.72 Å². The number of carbonyl (C=O) groups excluding carboxylic acids is 3. The summed E-state index contributed by atoms with van der Waals surface area (Å²) in [6.45, 7) is 8.19. The van der Waals surface area contributed by atoms with Gasteiger partial charge in [-0.05, 0) is 50.1 Å². The van der Waals surface area contributed by atoms with Gasteiger partial charge in [0.1, 0.15) is 28.3 Å². The Morgan fingerprint density at radius 1 is 1.15 bits per heavy atom. The summed E-state index contributed by atoms with van der Waals surface area (Å²) in [5.41, 5.74) is 0.231. The predicted octanol–water partition coefficient (Wildman–Crippen LogP) is 3.41. The van der Waals surface area contributed by atoms with Gasteiger partial charge in [0.15, 0.2) is 0 Å². The van der Waals surface area contributed by atoms with E-state index in [1.54, 1.807) is 13.8 Å². The van der Waals surface area contributed by atoms with Gasteiger partial charge in [-0.15, -0.1) is 11.3 Å². The first-order valence-corrected chi connectivity index (χ1v) is 12.5. The molecule has 0 aliphatic heterocycles. The average molecular weight is 513 g/mol. The SMILES string of the molecule is C=CCOC(=O)c1sc(NC(=O)C(CC)NS(=O)(=O)c2ccc(F)cc2)c(C(=O)OCC)c1C. The molecule has 0 radical (unpaired) electrons. The molecular weight excluding hydrogens is 487 g/mol. The molecule has 1 heterocycles. The van der Waals surface area contributed by atoms with Gasteiger partial charge in [0.05, 0.1) is 17.1 Å². The molecule has 1 aromatic carbocycles. The van der Waals surface area contributed by atoms with E-state index in [0.717, 1.165) is 35.6 Å². The Labute approximate surface area is 201 Å². The number of benzene rings is 1. The van der Waals surface area contributed by atoms with Crippen molar-refractivity contribution in [3.63, 3.8) is 0 Å². The number of thiophene rings is 1. The summed E-state index contributed by atoms with van der Waals surface area (Å²) in [6.07, 6.45) is 1.45. The second-order valence-corrected chi connectivity index (χ2v) is 9.63. The van der Waals surface area contributed by atoms with Gasteiger partial charge >= 0.3 is 11.9 Å². The van der Waals surface area contributed by atoms with Gasteiger partial charge in [-0.3, -0.25) is 4.79 Å². The van der Waals surface area contributed by atoms with E-state index in [0.29, 0.717) is 0 Å². The molecule has 0 saturated carbocycles. The molecule has 0 bridgehead atoms. The van der Waals surface area contributed by atoms with Gasteiger partial charge in [0.2, 0.25) is 15.9 Å². The third-order valence-electron chi connectivity index (χ3n) is 4.53. The van der Waals surface area contributed by atoms with Crippen LogP contribution in [0.4, 0.5) is 9.39 Å². The lowest BCUT2D eigenvalue weighted by atomic mass is 10.1. The fourth-order valence-electron chi connectivity index (χ4n) is 2.84. The van der Waals surface area contributed by atoms with Crippen molar-refractivity contribution in [3.05, 3.63) is 58.7 Å². The number of carbonyl (C=O) groups is 3. The lowest BCUT2D eigenvalue weighted by molar-refractivity contribution is -0.117. The number of ether oxygens (including phenoxy) is 2. The Morgan fingerprint density at radius 3 is 2.35 bits per heavy atom. The number of sulfonamides is 1. The normalized spacial score (nSPS) is 12.0. The van der Waals surface area contributed by atoms with Crippen LogP contribution >= 0.6 is 11.3 Å². The summed E-state index contributed by atoms with van der Waals surface area (Å²) in [6, 6.07) is 2.91. The van der Waals surface area contributed by atoms with Crippen molar-refractivity contribution < 1.29 is 36.7 Å². The highest BCUT2D eigenvalue weighted by atomic mass is 32.2. The minimum absolute atomic E-state index is 0.0194. The third-order valence-corrected chi connectivity index (χ3v) is 7.20. The maximum absolute atomic E-state index is 13.1. The molecule has 34 heavy (non-hydrogen) atoms. The molecule has 1 unspecified atom stereocenters. The molecule has 1 amide bonds. The molecular formula is C22H25FN2O7S2. The number of nitrogens with one attached hydrogen (secondary N) is 2. The van der Waals surface area contributed by atoms with E-state index in [4.69, 9.17) is 9.47 Å². The van der Waals surface area contributed by atoms with E-state index < -0.39 is 39.7 Å². The van der Waals surface area contributed by atoms with Gasteiger partial charge < -0.3 is 14.8 Å². The fraction of sp³-hybridized carbons (Fsp3) is 0.318. The Bertz CT molecular complexity index is 1170. The van der Waals surface area contributed by atoms with E-state index in [-0.39, 0.29) is 45.5 Å². The van der Waals surface area contributed by atoms with Crippen LogP contribution in [0.3, 0.4) is 0 Å². The second kappa shape index (κ2) is 11.9. The molecule has 0 aliphatic rings. The van der Waals surface area contributed by atoms with Crippen LogP contribution < -0.4 is 10.0 Å².